The molecule has 0 spiro atoms. The smallest absolute Gasteiger partial charge is 0.272 e. The van der Waals surface area contributed by atoms with Crippen molar-refractivity contribution in [1.29, 1.82) is 0 Å². The van der Waals surface area contributed by atoms with Gasteiger partial charge in [0.25, 0.3) is 6.43 Å². The third kappa shape index (κ3) is 5.96. The van der Waals surface area contributed by atoms with Crippen molar-refractivity contribution >= 4 is 0 Å². The Bertz CT molecular complexity index is 386. The summed E-state index contributed by atoms with van der Waals surface area (Å²) in [5.41, 5.74) is 2.06. The lowest BCUT2D eigenvalue weighted by molar-refractivity contribution is 0.0818. The van der Waals surface area contributed by atoms with Crippen molar-refractivity contribution < 1.29 is 13.5 Å². The minimum Gasteiger partial charge on any atom is -0.488 e. The van der Waals surface area contributed by atoms with Gasteiger partial charge in [-0.3, -0.25) is 0 Å². The zero-order valence-electron chi connectivity index (χ0n) is 11.4. The Hall–Kier alpha value is -1.16. The molecule has 2 nitrogen and oxygen atoms in total. The van der Waals surface area contributed by atoms with Gasteiger partial charge >= 0.3 is 0 Å². The van der Waals surface area contributed by atoms with Crippen LogP contribution in [0.3, 0.4) is 0 Å². The maximum Gasteiger partial charge on any atom is 0.272 e. The molecule has 102 valence electrons. The molecule has 1 N–H and O–H groups in total. The van der Waals surface area contributed by atoms with Gasteiger partial charge in [0, 0.05) is 12.1 Å². The van der Waals surface area contributed by atoms with Gasteiger partial charge < -0.3 is 10.1 Å². The molecule has 0 fully saturated rings. The maximum atomic E-state index is 12.1. The van der Waals surface area contributed by atoms with E-state index in [9.17, 15) is 8.78 Å². The van der Waals surface area contributed by atoms with Crippen molar-refractivity contribution in [1.82, 2.24) is 5.32 Å². The minimum absolute atomic E-state index is 0.0216. The van der Waals surface area contributed by atoms with Crippen LogP contribution in [0, 0.1) is 6.92 Å². The predicted octanol–water partition coefficient (Wildman–Crippen LogP) is 3.53. The number of benzene rings is 1. The zero-order valence-corrected chi connectivity index (χ0v) is 11.4. The van der Waals surface area contributed by atoms with Crippen LogP contribution in [0.25, 0.3) is 0 Å². The molecule has 0 aliphatic heterocycles. The number of hydrogen-bond acceptors (Lipinski definition) is 2. The van der Waals surface area contributed by atoms with Gasteiger partial charge in [-0.2, -0.15) is 0 Å². The van der Waals surface area contributed by atoms with Crippen molar-refractivity contribution in [2.45, 2.75) is 46.2 Å². The lowest BCUT2D eigenvalue weighted by Gasteiger charge is -2.21. The number of rotatable bonds is 5. The Morgan fingerprint density at radius 1 is 1.22 bits per heavy atom. The van der Waals surface area contributed by atoms with Gasteiger partial charge in [-0.15, -0.1) is 0 Å². The largest absolute Gasteiger partial charge is 0.488 e. The monoisotopic (exact) mass is 257 g/mol. The first-order valence-corrected chi connectivity index (χ1v) is 6.03. The summed E-state index contributed by atoms with van der Waals surface area (Å²) in [6.07, 6.45) is -2.44. The van der Waals surface area contributed by atoms with E-state index >= 15 is 0 Å². The van der Waals surface area contributed by atoms with Gasteiger partial charge in [-0.25, -0.2) is 8.78 Å². The molecule has 4 heteroatoms. The Kier molecular flexibility index (Phi) is 5.08. The Balaban J connectivity index is 2.68. The first-order valence-electron chi connectivity index (χ1n) is 6.03. The Morgan fingerprint density at radius 2 is 1.89 bits per heavy atom. The summed E-state index contributed by atoms with van der Waals surface area (Å²) >= 11 is 0. The zero-order chi connectivity index (χ0) is 13.8. The summed E-state index contributed by atoms with van der Waals surface area (Å²) < 4.78 is 29.2. The van der Waals surface area contributed by atoms with Gasteiger partial charge in [0.05, 0.1) is 0 Å². The minimum atomic E-state index is -2.44. The van der Waals surface area contributed by atoms with Gasteiger partial charge in [-0.1, -0.05) is 6.07 Å². The highest BCUT2D eigenvalue weighted by atomic mass is 19.3. The van der Waals surface area contributed by atoms with Crippen LogP contribution in [0.2, 0.25) is 0 Å². The lowest BCUT2D eigenvalue weighted by atomic mass is 10.1. The highest BCUT2D eigenvalue weighted by Gasteiger charge is 2.10. The molecule has 18 heavy (non-hydrogen) atoms. The third-order valence-electron chi connectivity index (χ3n) is 2.31. The van der Waals surface area contributed by atoms with E-state index in [4.69, 9.17) is 4.74 Å². The molecule has 0 aliphatic carbocycles. The Labute approximate surface area is 107 Å². The molecule has 0 atom stereocenters. The van der Waals surface area contributed by atoms with E-state index in [1.54, 1.807) is 12.1 Å². The summed E-state index contributed by atoms with van der Waals surface area (Å²) in [4.78, 5) is 0. The van der Waals surface area contributed by atoms with Crippen LogP contribution in [0.1, 0.15) is 31.9 Å². The highest BCUT2D eigenvalue weighted by molar-refractivity contribution is 5.33. The second-order valence-electron chi connectivity index (χ2n) is 5.46. The third-order valence-corrected chi connectivity index (χ3v) is 2.31. The topological polar surface area (TPSA) is 21.3 Å². The van der Waals surface area contributed by atoms with E-state index in [1.165, 1.54) is 0 Å². The van der Waals surface area contributed by atoms with Crippen molar-refractivity contribution in [3.8, 4) is 5.75 Å². The van der Waals surface area contributed by atoms with Crippen molar-refractivity contribution in [3.05, 3.63) is 29.3 Å². The molecule has 0 aromatic heterocycles. The standard InChI is InChI=1S/C14H21F2NO/c1-10-5-11(8-17-14(2,3)4)7-12(6-10)18-9-13(15)16/h5-7,13,17H,8-9H2,1-4H3. The molecule has 1 aromatic rings. The molecule has 0 radical (unpaired) electrons. The van der Waals surface area contributed by atoms with Gasteiger partial charge in [0.1, 0.15) is 12.4 Å². The number of halogens is 2. The second-order valence-corrected chi connectivity index (χ2v) is 5.46. The molecular weight excluding hydrogens is 236 g/mol. The molecule has 1 rings (SSSR count). The molecule has 0 aliphatic rings. The highest BCUT2D eigenvalue weighted by Crippen LogP contribution is 2.18. The van der Waals surface area contributed by atoms with Gasteiger partial charge in [-0.05, 0) is 51.0 Å². The lowest BCUT2D eigenvalue weighted by Crippen LogP contribution is -2.35. The first-order chi connectivity index (χ1) is 8.26. The molecular formula is C14H21F2NO. The average Bonchev–Trinajstić information content (AvgIpc) is 2.22. The van der Waals surface area contributed by atoms with E-state index in [2.05, 4.69) is 26.1 Å². The molecule has 0 saturated carbocycles. The number of ether oxygens (including phenoxy) is 1. The van der Waals surface area contributed by atoms with Crippen LogP contribution in [0.15, 0.2) is 18.2 Å². The Morgan fingerprint density at radius 3 is 2.44 bits per heavy atom. The van der Waals surface area contributed by atoms with Gasteiger partial charge in [0.15, 0.2) is 0 Å². The van der Waals surface area contributed by atoms with E-state index < -0.39 is 13.0 Å². The van der Waals surface area contributed by atoms with E-state index in [-0.39, 0.29) is 5.54 Å². The van der Waals surface area contributed by atoms with E-state index in [0.717, 1.165) is 11.1 Å². The molecule has 0 saturated heterocycles. The number of alkyl halides is 2. The SMILES string of the molecule is Cc1cc(CNC(C)(C)C)cc(OCC(F)F)c1. The van der Waals surface area contributed by atoms with Crippen LogP contribution < -0.4 is 10.1 Å². The molecule has 0 bridgehead atoms. The van der Waals surface area contributed by atoms with Crippen molar-refractivity contribution in [3.63, 3.8) is 0 Å². The van der Waals surface area contributed by atoms with E-state index in [1.807, 2.05) is 13.0 Å². The first kappa shape index (κ1) is 14.9. The molecule has 0 heterocycles. The number of nitrogens with one attached hydrogen (secondary N) is 1. The summed E-state index contributed by atoms with van der Waals surface area (Å²) in [5.74, 6) is 0.501. The summed E-state index contributed by atoms with van der Waals surface area (Å²) in [6, 6.07) is 5.59. The number of hydrogen-bond donors (Lipinski definition) is 1. The molecule has 0 unspecified atom stereocenters. The normalized spacial score (nSPS) is 11.9. The molecule has 0 amide bonds. The van der Waals surface area contributed by atoms with Crippen LogP contribution in [-0.4, -0.2) is 18.6 Å². The van der Waals surface area contributed by atoms with Gasteiger partial charge in [0.2, 0.25) is 0 Å². The van der Waals surface area contributed by atoms with Crippen molar-refractivity contribution in [2.24, 2.45) is 0 Å². The average molecular weight is 257 g/mol. The second kappa shape index (κ2) is 6.14. The summed E-state index contributed by atoms with van der Waals surface area (Å²) in [6.45, 7) is 8.30. The quantitative estimate of drug-likeness (QED) is 0.871. The predicted molar refractivity (Wildman–Crippen MR) is 69.3 cm³/mol. The summed E-state index contributed by atoms with van der Waals surface area (Å²) in [7, 11) is 0. The van der Waals surface area contributed by atoms with Crippen LogP contribution in [0.5, 0.6) is 5.75 Å². The maximum absolute atomic E-state index is 12.1. The fraction of sp³-hybridized carbons (Fsp3) is 0.571. The fourth-order valence-corrected chi connectivity index (χ4v) is 1.54. The fourth-order valence-electron chi connectivity index (χ4n) is 1.54. The van der Waals surface area contributed by atoms with Crippen LogP contribution in [0.4, 0.5) is 8.78 Å². The van der Waals surface area contributed by atoms with Crippen LogP contribution in [-0.2, 0) is 6.54 Å². The van der Waals surface area contributed by atoms with Crippen LogP contribution >= 0.6 is 0 Å². The van der Waals surface area contributed by atoms with E-state index in [0.29, 0.717) is 12.3 Å². The number of aryl methyl sites for hydroxylation is 1. The summed E-state index contributed by atoms with van der Waals surface area (Å²) in [5, 5.41) is 3.35. The molecule has 1 aromatic carbocycles. The van der Waals surface area contributed by atoms with Crippen molar-refractivity contribution in [2.75, 3.05) is 6.61 Å².